The SMILES string of the molecule is CCCCCCCCCCCCCC(=O)N[C@H]1C(O)O[C@H](CO)[C@@H](O[C@@H]2O[C@H](CO)[C@@H](O[C@@H]3O[C@H](CO)[C@@H](O[C@@H]4O[C@H](CO)[C@@H](O)[C@H](O)[C@H]4N)[C@H](O)[C@H]3N)[C@H](O)[C@H]2N)[C@@H]1O. The molecule has 17 N–H and O–H groups in total. The number of hydrogen-bond acceptors (Lipinski definition) is 21. The monoisotopic (exact) mass is 872 g/mol. The minimum atomic E-state index is -1.71. The molecule has 4 fully saturated rings. The quantitative estimate of drug-likeness (QED) is 0.0427. The fourth-order valence-electron chi connectivity index (χ4n) is 8.06. The Kier molecular flexibility index (Phi) is 21.6. The van der Waals surface area contributed by atoms with E-state index in [0.29, 0.717) is 6.42 Å². The molecule has 22 heteroatoms. The Labute approximate surface area is 350 Å². The number of nitrogens with two attached hydrogens (primary N) is 3. The van der Waals surface area contributed by atoms with Crippen LogP contribution in [0.2, 0.25) is 0 Å². The lowest BCUT2D eigenvalue weighted by Crippen LogP contribution is -2.70. The molecule has 4 rings (SSSR count). The summed E-state index contributed by atoms with van der Waals surface area (Å²) in [6.45, 7) is -0.815. The maximum Gasteiger partial charge on any atom is 0.220 e. The Bertz CT molecular complexity index is 1230. The van der Waals surface area contributed by atoms with Crippen LogP contribution in [0.3, 0.4) is 0 Å². The van der Waals surface area contributed by atoms with Crippen molar-refractivity contribution in [1.82, 2.24) is 5.32 Å². The van der Waals surface area contributed by atoms with Crippen molar-refractivity contribution in [2.24, 2.45) is 17.2 Å². The largest absolute Gasteiger partial charge is 0.394 e. The number of amides is 1. The number of rotatable bonds is 23. The molecule has 22 nitrogen and oxygen atoms in total. The van der Waals surface area contributed by atoms with Crippen LogP contribution in [-0.4, -0.2) is 206 Å². The highest BCUT2D eigenvalue weighted by atomic mass is 16.8. The van der Waals surface area contributed by atoms with Crippen molar-refractivity contribution in [3.8, 4) is 0 Å². The van der Waals surface area contributed by atoms with Crippen LogP contribution >= 0.6 is 0 Å². The lowest BCUT2D eigenvalue weighted by atomic mass is 9.94. The molecule has 0 aromatic carbocycles. The van der Waals surface area contributed by atoms with Crippen molar-refractivity contribution in [1.29, 1.82) is 0 Å². The van der Waals surface area contributed by atoms with Gasteiger partial charge in [-0.25, -0.2) is 0 Å². The number of hydrogen-bond donors (Lipinski definition) is 14. The minimum Gasteiger partial charge on any atom is -0.394 e. The first-order valence-corrected chi connectivity index (χ1v) is 21.4. The van der Waals surface area contributed by atoms with Crippen molar-refractivity contribution >= 4 is 5.91 Å². The number of ether oxygens (including phenoxy) is 7. The van der Waals surface area contributed by atoms with E-state index in [1.165, 1.54) is 38.5 Å². The van der Waals surface area contributed by atoms with Gasteiger partial charge in [-0.2, -0.15) is 0 Å². The Morgan fingerprint density at radius 3 is 1.30 bits per heavy atom. The molecule has 0 radical (unpaired) electrons. The summed E-state index contributed by atoms with van der Waals surface area (Å²) < 4.78 is 40.2. The Morgan fingerprint density at radius 1 is 0.500 bits per heavy atom. The first-order chi connectivity index (χ1) is 28.7. The van der Waals surface area contributed by atoms with E-state index < -0.39 is 155 Å². The molecule has 0 bridgehead atoms. The van der Waals surface area contributed by atoms with Gasteiger partial charge in [-0.3, -0.25) is 4.79 Å². The molecule has 0 aliphatic carbocycles. The third-order valence-electron chi connectivity index (χ3n) is 11.8. The van der Waals surface area contributed by atoms with Crippen LogP contribution in [0.1, 0.15) is 84.0 Å². The highest BCUT2D eigenvalue weighted by Gasteiger charge is 2.54. The van der Waals surface area contributed by atoms with Gasteiger partial charge < -0.3 is 107 Å². The molecule has 1 unspecified atom stereocenters. The molecule has 20 atom stereocenters. The van der Waals surface area contributed by atoms with Crippen LogP contribution in [0, 0.1) is 0 Å². The predicted molar refractivity (Wildman–Crippen MR) is 207 cm³/mol. The summed E-state index contributed by atoms with van der Waals surface area (Å²) in [5, 5.41) is 108. The van der Waals surface area contributed by atoms with Crippen molar-refractivity contribution < 1.29 is 89.0 Å². The zero-order valence-corrected chi connectivity index (χ0v) is 34.3. The van der Waals surface area contributed by atoms with E-state index >= 15 is 0 Å². The third-order valence-corrected chi connectivity index (χ3v) is 11.8. The number of carbonyl (C=O) groups excluding carboxylic acids is 1. The Hall–Kier alpha value is -1.33. The van der Waals surface area contributed by atoms with E-state index in [2.05, 4.69) is 12.2 Å². The number of aliphatic hydroxyl groups is 10. The smallest absolute Gasteiger partial charge is 0.220 e. The van der Waals surface area contributed by atoms with Gasteiger partial charge in [0.2, 0.25) is 5.91 Å². The zero-order valence-electron chi connectivity index (χ0n) is 34.3. The average Bonchev–Trinajstić information content (AvgIpc) is 3.24. The van der Waals surface area contributed by atoms with E-state index in [1.807, 2.05) is 0 Å². The molecule has 0 spiro atoms. The Morgan fingerprint density at radius 2 is 0.867 bits per heavy atom. The van der Waals surface area contributed by atoms with Gasteiger partial charge in [0, 0.05) is 6.42 Å². The summed E-state index contributed by atoms with van der Waals surface area (Å²) >= 11 is 0. The molecular formula is C38H72N4O18. The topological polar surface area (TPSA) is 374 Å². The first-order valence-electron chi connectivity index (χ1n) is 21.4. The average molecular weight is 873 g/mol. The molecule has 4 aliphatic rings. The van der Waals surface area contributed by atoms with Crippen LogP contribution in [0.4, 0.5) is 0 Å². The van der Waals surface area contributed by atoms with Crippen LogP contribution in [0.5, 0.6) is 0 Å². The lowest BCUT2D eigenvalue weighted by Gasteiger charge is -2.49. The van der Waals surface area contributed by atoms with Gasteiger partial charge in [0.15, 0.2) is 25.2 Å². The third kappa shape index (κ3) is 13.1. The maximum absolute atomic E-state index is 12.8. The second kappa shape index (κ2) is 25.2. The molecule has 1 amide bonds. The summed E-state index contributed by atoms with van der Waals surface area (Å²) in [7, 11) is 0. The predicted octanol–water partition coefficient (Wildman–Crippen LogP) is -5.02. The van der Waals surface area contributed by atoms with Crippen LogP contribution in [0.15, 0.2) is 0 Å². The van der Waals surface area contributed by atoms with Gasteiger partial charge in [-0.15, -0.1) is 0 Å². The van der Waals surface area contributed by atoms with Gasteiger partial charge >= 0.3 is 0 Å². The maximum atomic E-state index is 12.8. The van der Waals surface area contributed by atoms with Gasteiger partial charge in [0.25, 0.3) is 0 Å². The van der Waals surface area contributed by atoms with Crippen molar-refractivity contribution in [3.63, 3.8) is 0 Å². The first kappa shape index (κ1) is 51.3. The van der Waals surface area contributed by atoms with Gasteiger partial charge in [0.1, 0.15) is 79.3 Å². The Balaban J connectivity index is 1.31. The molecule has 60 heavy (non-hydrogen) atoms. The second-order valence-corrected chi connectivity index (χ2v) is 16.3. The van der Waals surface area contributed by atoms with Crippen LogP contribution in [0.25, 0.3) is 0 Å². The normalized spacial score (nSPS) is 42.6. The molecule has 0 aromatic rings. The number of aliphatic hydroxyl groups excluding tert-OH is 10. The molecule has 352 valence electrons. The fraction of sp³-hybridized carbons (Fsp3) is 0.974. The van der Waals surface area contributed by atoms with Crippen molar-refractivity contribution in [2.45, 2.75) is 207 Å². The molecule has 4 aliphatic heterocycles. The van der Waals surface area contributed by atoms with E-state index in [-0.39, 0.29) is 6.42 Å². The fourth-order valence-corrected chi connectivity index (χ4v) is 8.06. The van der Waals surface area contributed by atoms with Crippen LogP contribution in [-0.2, 0) is 38.0 Å². The zero-order chi connectivity index (χ0) is 44.1. The molecule has 4 heterocycles. The second-order valence-electron chi connectivity index (χ2n) is 16.3. The summed E-state index contributed by atoms with van der Waals surface area (Å²) in [4.78, 5) is 12.8. The number of nitrogens with one attached hydrogen (secondary N) is 1. The van der Waals surface area contributed by atoms with E-state index in [4.69, 9.17) is 50.4 Å². The van der Waals surface area contributed by atoms with Crippen molar-refractivity contribution in [3.05, 3.63) is 0 Å². The molecule has 0 saturated carbocycles. The molecule has 4 saturated heterocycles. The van der Waals surface area contributed by atoms with Crippen molar-refractivity contribution in [2.75, 3.05) is 26.4 Å². The summed E-state index contributed by atoms with van der Waals surface area (Å²) in [5.74, 6) is -0.436. The number of carbonyl (C=O) groups is 1. The highest BCUT2D eigenvalue weighted by Crippen LogP contribution is 2.33. The standard InChI is InChI=1S/C38H72N4O18/c1-2-3-4-5-6-7-8-9-10-11-12-13-22(47)42-26-31(52)34(19(15-44)54-35(26)53)60-38-25(41)30(51)33(21(17-46)57-38)59-37-24(40)29(50)32(20(16-45)56-37)58-36-23(39)28(49)27(48)18(14-43)55-36/h18-21,23-38,43-46,48-53H,2-17,39-41H2,1H3,(H,42,47)/t18-,19-,20-,21-,23-,24-,25-,26-,27-,28-,29-,30-,31-,32-,33-,34-,35?,36+,37+,38+/m1/s1. The lowest BCUT2D eigenvalue weighted by molar-refractivity contribution is -0.359. The van der Waals surface area contributed by atoms with E-state index in [1.54, 1.807) is 0 Å². The summed E-state index contributed by atoms with van der Waals surface area (Å²) in [6.07, 6.45) is -12.0. The summed E-state index contributed by atoms with van der Waals surface area (Å²) in [6, 6.07) is -5.63. The van der Waals surface area contributed by atoms with Gasteiger partial charge in [-0.1, -0.05) is 71.1 Å². The van der Waals surface area contributed by atoms with Gasteiger partial charge in [-0.05, 0) is 6.42 Å². The molecular weight excluding hydrogens is 800 g/mol. The van der Waals surface area contributed by atoms with E-state index in [9.17, 15) is 55.9 Å². The van der Waals surface area contributed by atoms with Gasteiger partial charge in [0.05, 0.1) is 44.6 Å². The molecule has 0 aromatic heterocycles. The van der Waals surface area contributed by atoms with Crippen LogP contribution < -0.4 is 22.5 Å². The van der Waals surface area contributed by atoms with E-state index in [0.717, 1.165) is 25.7 Å². The highest BCUT2D eigenvalue weighted by molar-refractivity contribution is 5.76. The number of unbranched alkanes of at least 4 members (excludes halogenated alkanes) is 10. The minimum absolute atomic E-state index is 0.145. The summed E-state index contributed by atoms with van der Waals surface area (Å²) in [5.41, 5.74) is 18.6.